The van der Waals surface area contributed by atoms with Crippen molar-refractivity contribution in [1.82, 2.24) is 5.43 Å². The van der Waals surface area contributed by atoms with Crippen molar-refractivity contribution in [1.29, 1.82) is 0 Å². The fraction of sp³-hybridized carbons (Fsp3) is 0.533. The van der Waals surface area contributed by atoms with Crippen LogP contribution in [0.25, 0.3) is 0 Å². The smallest absolute Gasteiger partial charge is 0.212 e. The van der Waals surface area contributed by atoms with Gasteiger partial charge in [0.2, 0.25) is 5.96 Å². The van der Waals surface area contributed by atoms with Gasteiger partial charge in [-0.2, -0.15) is 0 Å². The third-order valence-corrected chi connectivity index (χ3v) is 3.51. The Morgan fingerprint density at radius 3 is 3.10 bits per heavy atom. The maximum atomic E-state index is 5.65. The molecule has 0 unspecified atom stereocenters. The van der Waals surface area contributed by atoms with E-state index in [4.69, 9.17) is 10.6 Å². The number of aryl methyl sites for hydroxylation is 2. The highest BCUT2D eigenvalue weighted by molar-refractivity contribution is 5.96. The minimum Gasteiger partial charge on any atom is -0.385 e. The number of nitrogens with two attached hydrogens (primary N) is 1. The first-order chi connectivity index (χ1) is 9.76. The zero-order valence-corrected chi connectivity index (χ0v) is 12.4. The SMILES string of the molecule is COCCCN=C(NN)N1CCCc2cc(C)ccc21. The first-order valence-electron chi connectivity index (χ1n) is 7.13. The lowest BCUT2D eigenvalue weighted by atomic mass is 10.00. The molecule has 0 spiro atoms. The summed E-state index contributed by atoms with van der Waals surface area (Å²) in [6.07, 6.45) is 3.14. The van der Waals surface area contributed by atoms with E-state index in [-0.39, 0.29) is 0 Å². The van der Waals surface area contributed by atoms with Crippen LogP contribution in [0.2, 0.25) is 0 Å². The second-order valence-corrected chi connectivity index (χ2v) is 5.08. The van der Waals surface area contributed by atoms with E-state index in [0.29, 0.717) is 6.54 Å². The molecule has 1 aliphatic heterocycles. The Balaban J connectivity index is 2.15. The molecule has 0 radical (unpaired) electrons. The Kier molecular flexibility index (Phi) is 5.38. The fourth-order valence-electron chi connectivity index (χ4n) is 2.55. The number of ether oxygens (including phenoxy) is 1. The molecule has 20 heavy (non-hydrogen) atoms. The highest BCUT2D eigenvalue weighted by Crippen LogP contribution is 2.27. The molecule has 0 fully saturated rings. The Labute approximate surface area is 120 Å². The molecule has 3 N–H and O–H groups in total. The van der Waals surface area contributed by atoms with Crippen LogP contribution in [-0.2, 0) is 11.2 Å². The number of hydrogen-bond acceptors (Lipinski definition) is 3. The molecule has 0 saturated carbocycles. The normalized spacial score (nSPS) is 15.2. The van der Waals surface area contributed by atoms with Crippen LogP contribution in [0.15, 0.2) is 23.2 Å². The highest BCUT2D eigenvalue weighted by atomic mass is 16.5. The molecule has 0 bridgehead atoms. The van der Waals surface area contributed by atoms with Gasteiger partial charge in [-0.15, -0.1) is 0 Å². The molecule has 5 nitrogen and oxygen atoms in total. The molecular weight excluding hydrogens is 252 g/mol. The Bertz CT molecular complexity index is 473. The Morgan fingerprint density at radius 1 is 1.50 bits per heavy atom. The molecule has 0 aromatic heterocycles. The van der Waals surface area contributed by atoms with E-state index < -0.39 is 0 Å². The first-order valence-corrected chi connectivity index (χ1v) is 7.13. The number of nitrogens with one attached hydrogen (secondary N) is 1. The van der Waals surface area contributed by atoms with E-state index in [1.807, 2.05) is 0 Å². The average Bonchev–Trinajstić information content (AvgIpc) is 2.47. The number of benzene rings is 1. The van der Waals surface area contributed by atoms with E-state index in [1.54, 1.807) is 7.11 Å². The zero-order valence-electron chi connectivity index (χ0n) is 12.4. The van der Waals surface area contributed by atoms with Gasteiger partial charge < -0.3 is 9.64 Å². The van der Waals surface area contributed by atoms with Crippen molar-refractivity contribution in [3.05, 3.63) is 29.3 Å². The molecule has 1 aliphatic rings. The lowest BCUT2D eigenvalue weighted by Gasteiger charge is -2.31. The Morgan fingerprint density at radius 2 is 2.35 bits per heavy atom. The van der Waals surface area contributed by atoms with Crippen molar-refractivity contribution < 1.29 is 4.74 Å². The minimum atomic E-state index is 0.713. The standard InChI is InChI=1S/C15H24N4O/c1-12-6-7-14-13(11-12)5-3-9-19(14)15(18-16)17-8-4-10-20-2/h6-7,11H,3-5,8-10,16H2,1-2H3,(H,17,18). The summed E-state index contributed by atoms with van der Waals surface area (Å²) in [7, 11) is 1.70. The Hall–Kier alpha value is -1.59. The van der Waals surface area contributed by atoms with E-state index >= 15 is 0 Å². The predicted octanol–water partition coefficient (Wildman–Crippen LogP) is 1.60. The number of fused-ring (bicyclic) bond motifs is 1. The van der Waals surface area contributed by atoms with Crippen LogP contribution in [0.3, 0.4) is 0 Å². The monoisotopic (exact) mass is 276 g/mol. The highest BCUT2D eigenvalue weighted by Gasteiger charge is 2.20. The fourth-order valence-corrected chi connectivity index (χ4v) is 2.55. The van der Waals surface area contributed by atoms with Gasteiger partial charge >= 0.3 is 0 Å². The zero-order chi connectivity index (χ0) is 14.4. The number of rotatable bonds is 4. The summed E-state index contributed by atoms with van der Waals surface area (Å²) in [5.41, 5.74) is 6.62. The molecule has 0 atom stereocenters. The molecule has 1 aromatic carbocycles. The van der Waals surface area contributed by atoms with Crippen molar-refractivity contribution in [2.75, 3.05) is 31.7 Å². The van der Waals surface area contributed by atoms with Gasteiger partial charge in [0.1, 0.15) is 0 Å². The van der Waals surface area contributed by atoms with E-state index in [9.17, 15) is 0 Å². The van der Waals surface area contributed by atoms with Crippen LogP contribution >= 0.6 is 0 Å². The number of anilines is 1. The van der Waals surface area contributed by atoms with Crippen LogP contribution < -0.4 is 16.2 Å². The van der Waals surface area contributed by atoms with E-state index in [0.717, 1.165) is 38.4 Å². The topological polar surface area (TPSA) is 62.9 Å². The van der Waals surface area contributed by atoms with Gasteiger partial charge in [0.05, 0.1) is 0 Å². The summed E-state index contributed by atoms with van der Waals surface area (Å²) in [5, 5.41) is 0. The molecule has 0 amide bonds. The van der Waals surface area contributed by atoms with Crippen LogP contribution in [0.5, 0.6) is 0 Å². The second-order valence-electron chi connectivity index (χ2n) is 5.08. The van der Waals surface area contributed by atoms with Gasteiger partial charge in [-0.3, -0.25) is 10.4 Å². The largest absolute Gasteiger partial charge is 0.385 e. The van der Waals surface area contributed by atoms with Crippen molar-refractivity contribution in [2.24, 2.45) is 10.8 Å². The average molecular weight is 276 g/mol. The van der Waals surface area contributed by atoms with E-state index in [1.165, 1.54) is 16.8 Å². The predicted molar refractivity (Wildman–Crippen MR) is 83.0 cm³/mol. The number of methoxy groups -OCH3 is 1. The third-order valence-electron chi connectivity index (χ3n) is 3.51. The maximum absolute atomic E-state index is 5.65. The van der Waals surface area contributed by atoms with E-state index in [2.05, 4.69) is 40.4 Å². The summed E-state index contributed by atoms with van der Waals surface area (Å²) < 4.78 is 5.04. The molecule has 1 heterocycles. The van der Waals surface area contributed by atoms with Gasteiger partial charge in [-0.25, -0.2) is 5.84 Å². The van der Waals surface area contributed by atoms with Crippen LogP contribution in [0, 0.1) is 6.92 Å². The maximum Gasteiger partial charge on any atom is 0.212 e. The number of nitrogens with zero attached hydrogens (tertiary/aromatic N) is 2. The number of aliphatic imine (C=N–C) groups is 1. The van der Waals surface area contributed by atoms with Crippen LogP contribution in [0.1, 0.15) is 24.0 Å². The van der Waals surface area contributed by atoms with Crippen molar-refractivity contribution >= 4 is 11.6 Å². The first kappa shape index (κ1) is 14.8. The number of hydrogen-bond donors (Lipinski definition) is 2. The summed E-state index contributed by atoms with van der Waals surface area (Å²) in [6, 6.07) is 6.54. The van der Waals surface area contributed by atoms with Gasteiger partial charge in [0.15, 0.2) is 0 Å². The summed E-state index contributed by atoms with van der Waals surface area (Å²) >= 11 is 0. The summed E-state index contributed by atoms with van der Waals surface area (Å²) in [6.45, 7) is 4.51. The summed E-state index contributed by atoms with van der Waals surface area (Å²) in [5.74, 6) is 6.39. The summed E-state index contributed by atoms with van der Waals surface area (Å²) in [4.78, 5) is 6.72. The molecule has 2 rings (SSSR count). The number of guanidine groups is 1. The molecule has 5 heteroatoms. The lowest BCUT2D eigenvalue weighted by molar-refractivity contribution is 0.197. The van der Waals surface area contributed by atoms with Crippen LogP contribution in [-0.4, -0.2) is 32.8 Å². The van der Waals surface area contributed by atoms with Gasteiger partial charge in [-0.1, -0.05) is 17.7 Å². The molecule has 0 saturated heterocycles. The van der Waals surface area contributed by atoms with Crippen LogP contribution in [0.4, 0.5) is 5.69 Å². The van der Waals surface area contributed by atoms with Gasteiger partial charge in [-0.05, 0) is 37.8 Å². The van der Waals surface area contributed by atoms with Crippen molar-refractivity contribution in [3.63, 3.8) is 0 Å². The molecule has 1 aromatic rings. The number of hydrazine groups is 1. The van der Waals surface area contributed by atoms with Crippen molar-refractivity contribution in [2.45, 2.75) is 26.2 Å². The van der Waals surface area contributed by atoms with Crippen molar-refractivity contribution in [3.8, 4) is 0 Å². The lowest BCUT2D eigenvalue weighted by Crippen LogP contribution is -2.47. The minimum absolute atomic E-state index is 0.713. The van der Waals surface area contributed by atoms with Gasteiger partial charge in [0.25, 0.3) is 0 Å². The molecular formula is C15H24N4O. The quantitative estimate of drug-likeness (QED) is 0.288. The third kappa shape index (κ3) is 3.49. The second kappa shape index (κ2) is 7.26. The molecule has 110 valence electrons. The van der Waals surface area contributed by atoms with Gasteiger partial charge in [0, 0.05) is 32.5 Å². The molecule has 0 aliphatic carbocycles.